The minimum absolute atomic E-state index is 0.435. The lowest BCUT2D eigenvalue weighted by Gasteiger charge is -2.34. The molecule has 1 saturated heterocycles. The van der Waals surface area contributed by atoms with E-state index < -0.39 is 0 Å². The topological polar surface area (TPSA) is 50.1 Å². The Hall–Kier alpha value is -0.870. The van der Waals surface area contributed by atoms with Crippen LogP contribution in [-0.2, 0) is 6.54 Å². The minimum atomic E-state index is 0.435. The second-order valence-electron chi connectivity index (χ2n) is 5.47. The van der Waals surface area contributed by atoms with E-state index in [4.69, 9.17) is 4.52 Å². The number of rotatable bonds is 4. The predicted molar refractivity (Wildman–Crippen MR) is 67.9 cm³/mol. The highest BCUT2D eigenvalue weighted by Crippen LogP contribution is 2.26. The van der Waals surface area contributed by atoms with Crippen molar-refractivity contribution in [1.29, 1.82) is 0 Å². The van der Waals surface area contributed by atoms with Crippen molar-refractivity contribution in [2.24, 2.45) is 5.41 Å². The molecule has 2 rings (SSSR count). The van der Waals surface area contributed by atoms with Crippen LogP contribution >= 0.6 is 0 Å². The summed E-state index contributed by atoms with van der Waals surface area (Å²) in [5.74, 6) is 0.936. The Morgan fingerprint density at radius 1 is 1.35 bits per heavy atom. The SMILES string of the molecule is Cc1noc(C)c1CNCC1(C)CCNCC1. The van der Waals surface area contributed by atoms with Gasteiger partial charge in [0.05, 0.1) is 5.69 Å². The lowest BCUT2D eigenvalue weighted by molar-refractivity contribution is 0.220. The van der Waals surface area contributed by atoms with Gasteiger partial charge in [0.1, 0.15) is 5.76 Å². The number of piperidine rings is 1. The Balaban J connectivity index is 1.83. The fraction of sp³-hybridized carbons (Fsp3) is 0.769. The van der Waals surface area contributed by atoms with E-state index in [0.717, 1.165) is 37.6 Å². The normalized spacial score (nSPS) is 19.5. The van der Waals surface area contributed by atoms with Crippen molar-refractivity contribution in [3.05, 3.63) is 17.0 Å². The van der Waals surface area contributed by atoms with E-state index >= 15 is 0 Å². The molecular weight excluding hydrogens is 214 g/mol. The summed E-state index contributed by atoms with van der Waals surface area (Å²) in [5, 5.41) is 10.9. The highest BCUT2D eigenvalue weighted by Gasteiger charge is 2.26. The van der Waals surface area contributed by atoms with Crippen LogP contribution in [0.2, 0.25) is 0 Å². The number of hydrogen-bond acceptors (Lipinski definition) is 4. The number of aromatic nitrogens is 1. The molecular formula is C13H23N3O. The Kier molecular flexibility index (Phi) is 3.84. The third-order valence-corrected chi connectivity index (χ3v) is 3.85. The minimum Gasteiger partial charge on any atom is -0.361 e. The fourth-order valence-electron chi connectivity index (χ4n) is 2.45. The van der Waals surface area contributed by atoms with Crippen molar-refractivity contribution in [3.8, 4) is 0 Å². The summed E-state index contributed by atoms with van der Waals surface area (Å²) < 4.78 is 5.16. The van der Waals surface area contributed by atoms with Crippen LogP contribution < -0.4 is 10.6 Å². The molecule has 1 aliphatic heterocycles. The van der Waals surface area contributed by atoms with Crippen molar-refractivity contribution in [2.75, 3.05) is 19.6 Å². The van der Waals surface area contributed by atoms with Crippen LogP contribution in [0.3, 0.4) is 0 Å². The molecule has 0 atom stereocenters. The molecule has 2 N–H and O–H groups in total. The largest absolute Gasteiger partial charge is 0.361 e. The molecule has 17 heavy (non-hydrogen) atoms. The van der Waals surface area contributed by atoms with Gasteiger partial charge in [-0.1, -0.05) is 12.1 Å². The second-order valence-corrected chi connectivity index (χ2v) is 5.47. The standard InChI is InChI=1S/C13H23N3O/c1-10-12(11(2)17-16-10)8-15-9-13(3)4-6-14-7-5-13/h14-15H,4-9H2,1-3H3. The van der Waals surface area contributed by atoms with Gasteiger partial charge in [-0.2, -0.15) is 0 Å². The van der Waals surface area contributed by atoms with Gasteiger partial charge in [-0.3, -0.25) is 0 Å². The van der Waals surface area contributed by atoms with E-state index in [2.05, 4.69) is 22.7 Å². The van der Waals surface area contributed by atoms with Crippen molar-refractivity contribution in [2.45, 2.75) is 40.2 Å². The Morgan fingerprint density at radius 2 is 2.06 bits per heavy atom. The van der Waals surface area contributed by atoms with Crippen LogP contribution in [0.4, 0.5) is 0 Å². The summed E-state index contributed by atoms with van der Waals surface area (Å²) >= 11 is 0. The summed E-state index contributed by atoms with van der Waals surface area (Å²) in [7, 11) is 0. The lowest BCUT2D eigenvalue weighted by atomic mass is 9.81. The van der Waals surface area contributed by atoms with Gasteiger partial charge in [0, 0.05) is 18.7 Å². The first-order chi connectivity index (χ1) is 8.11. The summed E-state index contributed by atoms with van der Waals surface area (Å²) in [5.41, 5.74) is 2.65. The average Bonchev–Trinajstić information content (AvgIpc) is 2.61. The van der Waals surface area contributed by atoms with Gasteiger partial charge in [-0.15, -0.1) is 0 Å². The van der Waals surface area contributed by atoms with E-state index in [-0.39, 0.29) is 0 Å². The lowest BCUT2D eigenvalue weighted by Crippen LogP contribution is -2.41. The van der Waals surface area contributed by atoms with Gasteiger partial charge in [0.15, 0.2) is 0 Å². The molecule has 1 aromatic heterocycles. The van der Waals surface area contributed by atoms with E-state index in [0.29, 0.717) is 5.41 Å². The molecule has 4 nitrogen and oxygen atoms in total. The first-order valence-electron chi connectivity index (χ1n) is 6.44. The molecule has 1 fully saturated rings. The molecule has 1 aromatic rings. The molecule has 96 valence electrons. The molecule has 0 bridgehead atoms. The van der Waals surface area contributed by atoms with Gasteiger partial charge in [0.2, 0.25) is 0 Å². The van der Waals surface area contributed by atoms with E-state index in [1.807, 2.05) is 13.8 Å². The molecule has 0 aliphatic carbocycles. The molecule has 1 aliphatic rings. The molecule has 4 heteroatoms. The van der Waals surface area contributed by atoms with Crippen molar-refractivity contribution < 1.29 is 4.52 Å². The Morgan fingerprint density at radius 3 is 2.65 bits per heavy atom. The molecule has 0 spiro atoms. The first-order valence-corrected chi connectivity index (χ1v) is 6.44. The molecule has 0 unspecified atom stereocenters. The maximum atomic E-state index is 5.16. The highest BCUT2D eigenvalue weighted by molar-refractivity contribution is 5.20. The van der Waals surface area contributed by atoms with Gasteiger partial charge in [-0.25, -0.2) is 0 Å². The Labute approximate surface area is 103 Å². The van der Waals surface area contributed by atoms with E-state index in [1.165, 1.54) is 18.4 Å². The van der Waals surface area contributed by atoms with Crippen molar-refractivity contribution in [3.63, 3.8) is 0 Å². The number of hydrogen-bond donors (Lipinski definition) is 2. The monoisotopic (exact) mass is 237 g/mol. The quantitative estimate of drug-likeness (QED) is 0.838. The van der Waals surface area contributed by atoms with Crippen molar-refractivity contribution >= 4 is 0 Å². The molecule has 0 amide bonds. The Bertz CT molecular complexity index is 347. The molecule has 2 heterocycles. The zero-order chi connectivity index (χ0) is 12.3. The third kappa shape index (κ3) is 3.07. The van der Waals surface area contributed by atoms with Crippen LogP contribution in [0.25, 0.3) is 0 Å². The van der Waals surface area contributed by atoms with Crippen molar-refractivity contribution in [1.82, 2.24) is 15.8 Å². The third-order valence-electron chi connectivity index (χ3n) is 3.85. The second kappa shape index (κ2) is 5.19. The zero-order valence-electron chi connectivity index (χ0n) is 11.1. The summed E-state index contributed by atoms with van der Waals surface area (Å²) in [6, 6.07) is 0. The average molecular weight is 237 g/mol. The molecule has 0 saturated carbocycles. The predicted octanol–water partition coefficient (Wildman–Crippen LogP) is 1.77. The zero-order valence-corrected chi connectivity index (χ0v) is 11.1. The summed E-state index contributed by atoms with van der Waals surface area (Å²) in [6.07, 6.45) is 2.50. The maximum Gasteiger partial charge on any atom is 0.138 e. The number of aryl methyl sites for hydroxylation is 2. The maximum absolute atomic E-state index is 5.16. The highest BCUT2D eigenvalue weighted by atomic mass is 16.5. The van der Waals surface area contributed by atoms with E-state index in [9.17, 15) is 0 Å². The fourth-order valence-corrected chi connectivity index (χ4v) is 2.45. The van der Waals surface area contributed by atoms with Gasteiger partial charge in [-0.05, 0) is 45.2 Å². The molecule has 0 radical (unpaired) electrons. The first kappa shape index (κ1) is 12.6. The van der Waals surface area contributed by atoms with Crippen LogP contribution in [0.1, 0.15) is 36.8 Å². The summed E-state index contributed by atoms with van der Waals surface area (Å²) in [4.78, 5) is 0. The number of nitrogens with one attached hydrogen (secondary N) is 2. The van der Waals surface area contributed by atoms with Crippen LogP contribution in [0.15, 0.2) is 4.52 Å². The van der Waals surface area contributed by atoms with Gasteiger partial charge < -0.3 is 15.2 Å². The van der Waals surface area contributed by atoms with Crippen LogP contribution in [0.5, 0.6) is 0 Å². The van der Waals surface area contributed by atoms with Crippen LogP contribution in [-0.4, -0.2) is 24.8 Å². The van der Waals surface area contributed by atoms with E-state index in [1.54, 1.807) is 0 Å². The number of nitrogens with zero attached hydrogens (tertiary/aromatic N) is 1. The summed E-state index contributed by atoms with van der Waals surface area (Å²) in [6.45, 7) is 10.6. The van der Waals surface area contributed by atoms with Crippen LogP contribution in [0, 0.1) is 19.3 Å². The smallest absolute Gasteiger partial charge is 0.138 e. The van der Waals surface area contributed by atoms with Gasteiger partial charge >= 0.3 is 0 Å². The molecule has 0 aromatic carbocycles. The van der Waals surface area contributed by atoms with Gasteiger partial charge in [0.25, 0.3) is 0 Å².